The first kappa shape index (κ1) is 17.7. The lowest BCUT2D eigenvalue weighted by Crippen LogP contribution is -2.11. The molecule has 0 radical (unpaired) electrons. The van der Waals surface area contributed by atoms with E-state index in [9.17, 15) is 9.59 Å². The SMILES string of the molecule is COCCOC(=O)c1cccc(OC(=O)CCc2ccccc2)c1. The van der Waals surface area contributed by atoms with Crippen LogP contribution in [0.1, 0.15) is 22.3 Å². The first-order chi connectivity index (χ1) is 11.7. The summed E-state index contributed by atoms with van der Waals surface area (Å²) in [5.41, 5.74) is 1.41. The van der Waals surface area contributed by atoms with Crippen molar-refractivity contribution in [3.8, 4) is 5.75 Å². The Hall–Kier alpha value is -2.66. The van der Waals surface area contributed by atoms with Crippen molar-refractivity contribution in [1.82, 2.24) is 0 Å². The van der Waals surface area contributed by atoms with Gasteiger partial charge in [0.15, 0.2) is 0 Å². The van der Waals surface area contributed by atoms with Crippen LogP contribution in [0.15, 0.2) is 54.6 Å². The van der Waals surface area contributed by atoms with Gasteiger partial charge in [0.1, 0.15) is 12.4 Å². The van der Waals surface area contributed by atoms with Gasteiger partial charge in [-0.3, -0.25) is 4.79 Å². The second-order valence-electron chi connectivity index (χ2n) is 5.12. The fourth-order valence-corrected chi connectivity index (χ4v) is 2.06. The van der Waals surface area contributed by atoms with Gasteiger partial charge in [0, 0.05) is 13.5 Å². The van der Waals surface area contributed by atoms with E-state index in [4.69, 9.17) is 14.2 Å². The Morgan fingerprint density at radius 3 is 2.50 bits per heavy atom. The van der Waals surface area contributed by atoms with Crippen LogP contribution in [-0.2, 0) is 20.7 Å². The summed E-state index contributed by atoms with van der Waals surface area (Å²) in [5.74, 6) is -0.493. The van der Waals surface area contributed by atoms with Crippen LogP contribution in [-0.4, -0.2) is 32.3 Å². The Labute approximate surface area is 141 Å². The monoisotopic (exact) mass is 328 g/mol. The zero-order valence-electron chi connectivity index (χ0n) is 13.6. The highest BCUT2D eigenvalue weighted by Crippen LogP contribution is 2.15. The van der Waals surface area contributed by atoms with Crippen LogP contribution in [0.4, 0.5) is 0 Å². The Balaban J connectivity index is 1.86. The molecule has 2 aromatic rings. The molecule has 0 spiro atoms. The number of hydrogen-bond donors (Lipinski definition) is 0. The third-order valence-electron chi connectivity index (χ3n) is 3.28. The van der Waals surface area contributed by atoms with Gasteiger partial charge in [-0.15, -0.1) is 0 Å². The molecule has 126 valence electrons. The van der Waals surface area contributed by atoms with Crippen LogP contribution >= 0.6 is 0 Å². The predicted molar refractivity (Wildman–Crippen MR) is 89.0 cm³/mol. The van der Waals surface area contributed by atoms with Crippen molar-refractivity contribution < 1.29 is 23.8 Å². The van der Waals surface area contributed by atoms with Crippen LogP contribution in [0.3, 0.4) is 0 Å². The third kappa shape index (κ3) is 5.85. The van der Waals surface area contributed by atoms with Gasteiger partial charge in [-0.1, -0.05) is 36.4 Å². The molecule has 0 heterocycles. The highest BCUT2D eigenvalue weighted by atomic mass is 16.6. The molecule has 5 nitrogen and oxygen atoms in total. The largest absolute Gasteiger partial charge is 0.460 e. The van der Waals surface area contributed by atoms with Crippen molar-refractivity contribution in [2.75, 3.05) is 20.3 Å². The topological polar surface area (TPSA) is 61.8 Å². The van der Waals surface area contributed by atoms with Gasteiger partial charge in [0.25, 0.3) is 0 Å². The van der Waals surface area contributed by atoms with Crippen molar-refractivity contribution in [2.24, 2.45) is 0 Å². The van der Waals surface area contributed by atoms with E-state index in [1.807, 2.05) is 30.3 Å². The average molecular weight is 328 g/mol. The lowest BCUT2D eigenvalue weighted by atomic mass is 10.1. The molecular formula is C19H20O5. The number of esters is 2. The van der Waals surface area contributed by atoms with E-state index in [0.717, 1.165) is 5.56 Å². The highest BCUT2D eigenvalue weighted by molar-refractivity contribution is 5.90. The Kier molecular flexibility index (Phi) is 6.98. The molecule has 24 heavy (non-hydrogen) atoms. The Morgan fingerprint density at radius 1 is 0.958 bits per heavy atom. The van der Waals surface area contributed by atoms with Crippen molar-refractivity contribution >= 4 is 11.9 Å². The van der Waals surface area contributed by atoms with Crippen LogP contribution < -0.4 is 4.74 Å². The summed E-state index contributed by atoms with van der Waals surface area (Å²) in [4.78, 5) is 23.8. The van der Waals surface area contributed by atoms with Gasteiger partial charge in [-0.25, -0.2) is 4.79 Å². The van der Waals surface area contributed by atoms with Gasteiger partial charge >= 0.3 is 11.9 Å². The molecular weight excluding hydrogens is 308 g/mol. The molecule has 0 aliphatic heterocycles. The van der Waals surface area contributed by atoms with Crippen LogP contribution in [0.25, 0.3) is 0 Å². The van der Waals surface area contributed by atoms with Crippen LogP contribution in [0.5, 0.6) is 5.75 Å². The minimum atomic E-state index is -0.478. The lowest BCUT2D eigenvalue weighted by Gasteiger charge is -2.07. The second-order valence-corrected chi connectivity index (χ2v) is 5.12. The maximum atomic E-state index is 11.9. The minimum Gasteiger partial charge on any atom is -0.460 e. The molecule has 0 fully saturated rings. The molecule has 2 rings (SSSR count). The minimum absolute atomic E-state index is 0.177. The maximum absolute atomic E-state index is 11.9. The Morgan fingerprint density at radius 2 is 1.75 bits per heavy atom. The van der Waals surface area contributed by atoms with Gasteiger partial charge in [0.2, 0.25) is 0 Å². The number of hydrogen-bond acceptors (Lipinski definition) is 5. The van der Waals surface area contributed by atoms with Gasteiger partial charge in [-0.2, -0.15) is 0 Å². The summed E-state index contributed by atoms with van der Waals surface area (Å²) in [6, 6.07) is 16.1. The second kappa shape index (κ2) is 9.47. The Bertz CT molecular complexity index is 666. The summed E-state index contributed by atoms with van der Waals surface area (Å²) < 4.78 is 15.1. The molecule has 0 saturated heterocycles. The zero-order chi connectivity index (χ0) is 17.2. The lowest BCUT2D eigenvalue weighted by molar-refractivity contribution is -0.134. The van der Waals surface area contributed by atoms with E-state index in [2.05, 4.69) is 0 Å². The van der Waals surface area contributed by atoms with E-state index in [-0.39, 0.29) is 19.0 Å². The van der Waals surface area contributed by atoms with E-state index in [1.54, 1.807) is 18.2 Å². The molecule has 5 heteroatoms. The number of carbonyl (C=O) groups excluding carboxylic acids is 2. The molecule has 0 aliphatic carbocycles. The van der Waals surface area contributed by atoms with Gasteiger partial charge in [0.05, 0.1) is 12.2 Å². The molecule has 0 amide bonds. The summed E-state index contributed by atoms with van der Waals surface area (Å²) in [5, 5.41) is 0. The molecule has 0 bridgehead atoms. The molecule has 0 aliphatic rings. The van der Waals surface area contributed by atoms with E-state index in [1.165, 1.54) is 13.2 Å². The smallest absolute Gasteiger partial charge is 0.338 e. The number of methoxy groups -OCH3 is 1. The van der Waals surface area contributed by atoms with E-state index >= 15 is 0 Å². The fraction of sp³-hybridized carbons (Fsp3) is 0.263. The van der Waals surface area contributed by atoms with E-state index in [0.29, 0.717) is 24.3 Å². The molecule has 2 aromatic carbocycles. The van der Waals surface area contributed by atoms with Gasteiger partial charge in [-0.05, 0) is 30.2 Å². The molecule has 0 saturated carbocycles. The summed E-state index contributed by atoms with van der Waals surface area (Å²) >= 11 is 0. The van der Waals surface area contributed by atoms with Crippen molar-refractivity contribution in [2.45, 2.75) is 12.8 Å². The third-order valence-corrected chi connectivity index (χ3v) is 3.28. The summed E-state index contributed by atoms with van der Waals surface area (Å²) in [6.45, 7) is 0.510. The summed E-state index contributed by atoms with van der Waals surface area (Å²) in [7, 11) is 1.53. The van der Waals surface area contributed by atoms with Gasteiger partial charge < -0.3 is 14.2 Å². The predicted octanol–water partition coefficient (Wildman–Crippen LogP) is 3.03. The number of aryl methyl sites for hydroxylation is 1. The number of ether oxygens (including phenoxy) is 3. The van der Waals surface area contributed by atoms with E-state index < -0.39 is 5.97 Å². The standard InChI is InChI=1S/C19H20O5/c1-22-12-13-23-19(21)16-8-5-9-17(14-16)24-18(20)11-10-15-6-3-2-4-7-15/h2-9,14H,10-13H2,1H3. The van der Waals surface area contributed by atoms with Crippen molar-refractivity contribution in [1.29, 1.82) is 0 Å². The summed E-state index contributed by atoms with van der Waals surface area (Å²) in [6.07, 6.45) is 0.880. The zero-order valence-corrected chi connectivity index (χ0v) is 13.6. The molecule has 0 aromatic heterocycles. The maximum Gasteiger partial charge on any atom is 0.338 e. The highest BCUT2D eigenvalue weighted by Gasteiger charge is 2.10. The quantitative estimate of drug-likeness (QED) is 0.423. The molecule has 0 atom stereocenters. The molecule has 0 N–H and O–H groups in total. The fourth-order valence-electron chi connectivity index (χ4n) is 2.06. The van der Waals surface area contributed by atoms with Crippen LogP contribution in [0, 0.1) is 0 Å². The number of carbonyl (C=O) groups is 2. The van der Waals surface area contributed by atoms with Crippen molar-refractivity contribution in [3.05, 3.63) is 65.7 Å². The first-order valence-corrected chi connectivity index (χ1v) is 7.70. The number of benzene rings is 2. The molecule has 0 unspecified atom stereocenters. The van der Waals surface area contributed by atoms with Crippen LogP contribution in [0.2, 0.25) is 0 Å². The normalized spacial score (nSPS) is 10.2. The van der Waals surface area contributed by atoms with Crippen molar-refractivity contribution in [3.63, 3.8) is 0 Å². The number of rotatable bonds is 8. The average Bonchev–Trinajstić information content (AvgIpc) is 2.61. The first-order valence-electron chi connectivity index (χ1n) is 7.70.